The van der Waals surface area contributed by atoms with E-state index in [1.165, 1.54) is 6.33 Å². The Morgan fingerprint density at radius 1 is 1.62 bits per heavy atom. The first-order chi connectivity index (χ1) is 7.61. The lowest BCUT2D eigenvalue weighted by Gasteiger charge is -2.34. The van der Waals surface area contributed by atoms with Crippen LogP contribution in [0.15, 0.2) is 6.33 Å². The summed E-state index contributed by atoms with van der Waals surface area (Å²) in [5.41, 5.74) is 6.10. The molecular formula is C9H12ClN5O. The molecule has 0 saturated carbocycles. The molecule has 2 rings (SSSR count). The van der Waals surface area contributed by atoms with Crippen molar-refractivity contribution in [2.45, 2.75) is 13.0 Å². The molecule has 1 aliphatic rings. The Morgan fingerprint density at radius 3 is 3.12 bits per heavy atom. The summed E-state index contributed by atoms with van der Waals surface area (Å²) < 4.78 is 0. The topological polar surface area (TPSA) is 84.1 Å². The van der Waals surface area contributed by atoms with E-state index in [9.17, 15) is 4.79 Å². The van der Waals surface area contributed by atoms with Gasteiger partial charge in [0.25, 0.3) is 0 Å². The third-order valence-electron chi connectivity index (χ3n) is 2.59. The molecule has 3 N–H and O–H groups in total. The van der Waals surface area contributed by atoms with Crippen molar-refractivity contribution in [3.8, 4) is 0 Å². The predicted octanol–water partition coefficient (Wildman–Crippen LogP) is 0.0369. The molecule has 0 bridgehead atoms. The van der Waals surface area contributed by atoms with E-state index in [1.807, 2.05) is 4.90 Å². The lowest BCUT2D eigenvalue weighted by molar-refractivity contribution is -0.122. The summed E-state index contributed by atoms with van der Waals surface area (Å²) in [5.74, 6) is 0.475. The van der Waals surface area contributed by atoms with Gasteiger partial charge in [0.2, 0.25) is 5.91 Å². The van der Waals surface area contributed by atoms with Crippen LogP contribution in [0.25, 0.3) is 0 Å². The van der Waals surface area contributed by atoms with Crippen molar-refractivity contribution in [2.24, 2.45) is 0 Å². The van der Waals surface area contributed by atoms with Gasteiger partial charge in [-0.25, -0.2) is 9.97 Å². The smallest absolute Gasteiger partial charge is 0.242 e. The van der Waals surface area contributed by atoms with Gasteiger partial charge in [0, 0.05) is 13.1 Å². The number of nitrogens with one attached hydrogen (secondary N) is 1. The van der Waals surface area contributed by atoms with Gasteiger partial charge in [0.05, 0.1) is 0 Å². The molecule has 1 aromatic rings. The molecule has 0 radical (unpaired) electrons. The number of halogens is 1. The van der Waals surface area contributed by atoms with Gasteiger partial charge in [-0.2, -0.15) is 0 Å². The van der Waals surface area contributed by atoms with Crippen molar-refractivity contribution in [3.63, 3.8) is 0 Å². The van der Waals surface area contributed by atoms with E-state index in [-0.39, 0.29) is 17.1 Å². The Bertz CT molecular complexity index is 424. The number of carbonyl (C=O) groups excluding carboxylic acids is 1. The van der Waals surface area contributed by atoms with Crippen molar-refractivity contribution in [3.05, 3.63) is 11.5 Å². The van der Waals surface area contributed by atoms with Gasteiger partial charge in [-0.3, -0.25) is 4.79 Å². The second-order valence-corrected chi connectivity index (χ2v) is 3.92. The lowest BCUT2D eigenvalue weighted by atomic mass is 10.2. The quantitative estimate of drug-likeness (QED) is 0.678. The van der Waals surface area contributed by atoms with Crippen molar-refractivity contribution in [2.75, 3.05) is 23.7 Å². The average Bonchev–Trinajstić information content (AvgIpc) is 2.27. The van der Waals surface area contributed by atoms with Gasteiger partial charge in [-0.1, -0.05) is 11.6 Å². The number of aromatic nitrogens is 2. The third-order valence-corrected chi connectivity index (χ3v) is 2.89. The molecule has 1 atom stereocenters. The standard InChI is InChI=1S/C9H12ClN5O/c1-5-9(16)12-2-3-15(5)8-6(11)7(10)13-4-14-8/h4-5H,2-3,11H2,1H3,(H,12,16). The van der Waals surface area contributed by atoms with Crippen LogP contribution >= 0.6 is 11.6 Å². The highest BCUT2D eigenvalue weighted by Crippen LogP contribution is 2.27. The zero-order valence-electron chi connectivity index (χ0n) is 8.77. The van der Waals surface area contributed by atoms with Crippen LogP contribution in [0.4, 0.5) is 11.5 Å². The normalized spacial score (nSPS) is 20.8. The van der Waals surface area contributed by atoms with E-state index in [0.717, 1.165) is 0 Å². The van der Waals surface area contributed by atoms with Gasteiger partial charge in [-0.05, 0) is 6.92 Å². The Balaban J connectivity index is 2.36. The van der Waals surface area contributed by atoms with Crippen LogP contribution in [-0.4, -0.2) is 35.0 Å². The summed E-state index contributed by atoms with van der Waals surface area (Å²) in [4.78, 5) is 21.2. The Labute approximate surface area is 97.8 Å². The maximum Gasteiger partial charge on any atom is 0.242 e. The van der Waals surface area contributed by atoms with Gasteiger partial charge in [0.1, 0.15) is 18.1 Å². The summed E-state index contributed by atoms with van der Waals surface area (Å²) in [6.45, 7) is 3.03. The molecule has 86 valence electrons. The van der Waals surface area contributed by atoms with Crippen LogP contribution in [-0.2, 0) is 4.79 Å². The van der Waals surface area contributed by atoms with Crippen molar-refractivity contribution < 1.29 is 4.79 Å². The fourth-order valence-electron chi connectivity index (χ4n) is 1.67. The number of carbonyl (C=O) groups is 1. The number of nitrogens with two attached hydrogens (primary N) is 1. The van der Waals surface area contributed by atoms with Crippen LogP contribution in [0.3, 0.4) is 0 Å². The molecule has 0 spiro atoms. The first kappa shape index (κ1) is 10.9. The second kappa shape index (κ2) is 4.13. The number of piperazine rings is 1. The van der Waals surface area contributed by atoms with E-state index in [2.05, 4.69) is 15.3 Å². The van der Waals surface area contributed by atoms with Crippen LogP contribution in [0.2, 0.25) is 5.15 Å². The molecule has 0 aromatic carbocycles. The first-order valence-corrected chi connectivity index (χ1v) is 5.29. The number of hydrogen-bond donors (Lipinski definition) is 2. The summed E-state index contributed by atoms with van der Waals surface area (Å²) in [6, 6.07) is -0.304. The van der Waals surface area contributed by atoms with Crippen LogP contribution < -0.4 is 16.0 Å². The first-order valence-electron chi connectivity index (χ1n) is 4.91. The third kappa shape index (κ3) is 1.76. The maximum absolute atomic E-state index is 11.5. The predicted molar refractivity (Wildman–Crippen MR) is 61.3 cm³/mol. The number of hydrogen-bond acceptors (Lipinski definition) is 5. The number of anilines is 2. The Kier molecular flexibility index (Phi) is 2.82. The van der Waals surface area contributed by atoms with Gasteiger partial charge in [-0.15, -0.1) is 0 Å². The SMILES string of the molecule is CC1C(=O)NCCN1c1ncnc(Cl)c1N. The van der Waals surface area contributed by atoms with Crippen LogP contribution in [0, 0.1) is 0 Å². The molecule has 0 aliphatic carbocycles. The van der Waals surface area contributed by atoms with E-state index < -0.39 is 0 Å². The number of nitrogen functional groups attached to an aromatic ring is 1. The van der Waals surface area contributed by atoms with Gasteiger partial charge >= 0.3 is 0 Å². The number of amides is 1. The molecule has 7 heteroatoms. The molecule has 1 saturated heterocycles. The summed E-state index contributed by atoms with van der Waals surface area (Å²) >= 11 is 5.81. The monoisotopic (exact) mass is 241 g/mol. The van der Waals surface area contributed by atoms with Gasteiger partial charge in [0.15, 0.2) is 11.0 Å². The van der Waals surface area contributed by atoms with Crippen molar-refractivity contribution >= 4 is 29.0 Å². The second-order valence-electron chi connectivity index (χ2n) is 3.56. The fourth-order valence-corrected chi connectivity index (χ4v) is 1.79. The minimum atomic E-state index is -0.304. The molecule has 16 heavy (non-hydrogen) atoms. The highest BCUT2D eigenvalue weighted by molar-refractivity contribution is 6.32. The highest BCUT2D eigenvalue weighted by atomic mass is 35.5. The summed E-state index contributed by atoms with van der Waals surface area (Å²) in [5, 5.41) is 2.98. The van der Waals surface area contributed by atoms with E-state index >= 15 is 0 Å². The number of nitrogens with zero attached hydrogens (tertiary/aromatic N) is 3. The van der Waals surface area contributed by atoms with E-state index in [4.69, 9.17) is 17.3 Å². The van der Waals surface area contributed by atoms with Gasteiger partial charge < -0.3 is 16.0 Å². The molecule has 1 fully saturated rings. The summed E-state index contributed by atoms with van der Waals surface area (Å²) in [7, 11) is 0. The fraction of sp³-hybridized carbons (Fsp3) is 0.444. The van der Waals surface area contributed by atoms with Crippen molar-refractivity contribution in [1.82, 2.24) is 15.3 Å². The molecule has 2 heterocycles. The minimum absolute atomic E-state index is 0.0413. The van der Waals surface area contributed by atoms with E-state index in [1.54, 1.807) is 6.92 Å². The molecule has 1 unspecified atom stereocenters. The average molecular weight is 242 g/mol. The largest absolute Gasteiger partial charge is 0.393 e. The molecule has 1 aromatic heterocycles. The molecule has 1 amide bonds. The maximum atomic E-state index is 11.5. The highest BCUT2D eigenvalue weighted by Gasteiger charge is 2.28. The van der Waals surface area contributed by atoms with Crippen LogP contribution in [0.1, 0.15) is 6.92 Å². The van der Waals surface area contributed by atoms with E-state index in [0.29, 0.717) is 24.6 Å². The molecule has 6 nitrogen and oxygen atoms in total. The molecule has 1 aliphatic heterocycles. The zero-order valence-corrected chi connectivity index (χ0v) is 9.53. The Morgan fingerprint density at radius 2 is 2.38 bits per heavy atom. The lowest BCUT2D eigenvalue weighted by Crippen LogP contribution is -2.54. The molecular weight excluding hydrogens is 230 g/mol. The minimum Gasteiger partial charge on any atom is -0.393 e. The van der Waals surface area contributed by atoms with Crippen molar-refractivity contribution in [1.29, 1.82) is 0 Å². The Hall–Kier alpha value is -1.56. The zero-order chi connectivity index (χ0) is 11.7. The number of rotatable bonds is 1. The van der Waals surface area contributed by atoms with Crippen LogP contribution in [0.5, 0.6) is 0 Å². The summed E-state index contributed by atoms with van der Waals surface area (Å²) in [6.07, 6.45) is 1.34.